The lowest BCUT2D eigenvalue weighted by atomic mass is 10.1. The lowest BCUT2D eigenvalue weighted by molar-refractivity contribution is -0.151. The van der Waals surface area contributed by atoms with Crippen LogP contribution in [0.1, 0.15) is 58.3 Å². The van der Waals surface area contributed by atoms with E-state index in [-0.39, 0.29) is 29.2 Å². The largest absolute Gasteiger partial charge is 0.347 e. The number of nitrogens with zero attached hydrogens (tertiary/aromatic N) is 4. The molecule has 1 aromatic heterocycles. The average molecular weight is 472 g/mol. The summed E-state index contributed by atoms with van der Waals surface area (Å²) in [4.78, 5) is 58.1. The van der Waals surface area contributed by atoms with Gasteiger partial charge >= 0.3 is 11.8 Å². The fourth-order valence-corrected chi connectivity index (χ4v) is 4.03. The van der Waals surface area contributed by atoms with Gasteiger partial charge in [0.05, 0.1) is 6.04 Å². The number of nitrogens with one attached hydrogen (secondary N) is 1. The van der Waals surface area contributed by atoms with E-state index in [0.717, 1.165) is 6.42 Å². The Labute approximate surface area is 197 Å². The molecule has 1 aliphatic heterocycles. The molecule has 0 aliphatic carbocycles. The molecule has 1 unspecified atom stereocenters. The fraction of sp³-hybridized carbons (Fsp3) is 0.458. The predicted molar refractivity (Wildman–Crippen MR) is 124 cm³/mol. The summed E-state index contributed by atoms with van der Waals surface area (Å²) in [5, 5.41) is 2.74. The number of aryl methyl sites for hydroxylation is 1. The van der Waals surface area contributed by atoms with Gasteiger partial charge in [-0.15, -0.1) is 0 Å². The molecule has 1 N–H and O–H groups in total. The van der Waals surface area contributed by atoms with Crippen LogP contribution >= 0.6 is 0 Å². The molecule has 0 saturated carbocycles. The fourth-order valence-electron chi connectivity index (χ4n) is 4.03. The zero-order valence-corrected chi connectivity index (χ0v) is 20.1. The lowest BCUT2D eigenvalue weighted by Gasteiger charge is -2.28. The number of rotatable bonds is 4. The maximum atomic E-state index is 13.5. The molecule has 3 rings (SSSR count). The summed E-state index contributed by atoms with van der Waals surface area (Å²) in [6, 6.07) is 3.92. The van der Waals surface area contributed by atoms with Crippen LogP contribution in [0.5, 0.6) is 0 Å². The molecule has 1 aliphatic rings. The molecule has 0 fully saturated rings. The van der Waals surface area contributed by atoms with Crippen LogP contribution in [-0.4, -0.2) is 58.2 Å². The second kappa shape index (κ2) is 10.1. The Morgan fingerprint density at radius 3 is 2.50 bits per heavy atom. The summed E-state index contributed by atoms with van der Waals surface area (Å²) in [5.74, 6) is -1.97. The molecule has 1 atom stereocenters. The Morgan fingerprint density at radius 2 is 1.85 bits per heavy atom. The summed E-state index contributed by atoms with van der Waals surface area (Å²) in [7, 11) is 4.49. The maximum Gasteiger partial charge on any atom is 0.312 e. The van der Waals surface area contributed by atoms with Crippen LogP contribution in [0.2, 0.25) is 0 Å². The van der Waals surface area contributed by atoms with E-state index < -0.39 is 23.8 Å². The number of fused-ring (bicyclic) bond motifs is 1. The standard InChI is InChI=1S/C24H30FN5O4/c1-14-12-16(9-10-17(14)25)13-26-21(31)19-15(2)22(32)30-11-7-6-8-18(20(30)27-19)29(5)24(34)23(33)28(3)4/h9-10,12,18H,6-8,11,13H2,1-5H3,(H,26,31). The molecule has 2 heterocycles. The van der Waals surface area contributed by atoms with Gasteiger partial charge in [-0.3, -0.25) is 23.7 Å². The second-order valence-electron chi connectivity index (χ2n) is 8.79. The van der Waals surface area contributed by atoms with Crippen LogP contribution < -0.4 is 10.9 Å². The monoisotopic (exact) mass is 471 g/mol. The van der Waals surface area contributed by atoms with Gasteiger partial charge in [-0.05, 0) is 50.3 Å². The molecule has 3 amide bonds. The Hall–Kier alpha value is -3.56. The SMILES string of the molecule is Cc1cc(CNC(=O)c2nc3n(c(=O)c2C)CCCCC3N(C)C(=O)C(=O)N(C)C)ccc1F. The Bertz CT molecular complexity index is 1190. The van der Waals surface area contributed by atoms with Crippen molar-refractivity contribution >= 4 is 17.7 Å². The van der Waals surface area contributed by atoms with Gasteiger partial charge in [-0.1, -0.05) is 12.1 Å². The van der Waals surface area contributed by atoms with Crippen LogP contribution in [0.25, 0.3) is 0 Å². The Kier molecular flexibility index (Phi) is 7.48. The van der Waals surface area contributed by atoms with Crippen LogP contribution in [0.3, 0.4) is 0 Å². The van der Waals surface area contributed by atoms with Crippen LogP contribution in [-0.2, 0) is 22.7 Å². The summed E-state index contributed by atoms with van der Waals surface area (Å²) in [6.07, 6.45) is 1.95. The first-order valence-corrected chi connectivity index (χ1v) is 11.2. The quantitative estimate of drug-likeness (QED) is 0.684. The van der Waals surface area contributed by atoms with E-state index in [1.54, 1.807) is 26.0 Å². The van der Waals surface area contributed by atoms with Gasteiger partial charge in [-0.2, -0.15) is 0 Å². The number of amides is 3. The highest BCUT2D eigenvalue weighted by Gasteiger charge is 2.33. The highest BCUT2D eigenvalue weighted by Crippen LogP contribution is 2.27. The van der Waals surface area contributed by atoms with Crippen LogP contribution in [0.4, 0.5) is 4.39 Å². The lowest BCUT2D eigenvalue weighted by Crippen LogP contribution is -2.44. The minimum atomic E-state index is -0.712. The van der Waals surface area contributed by atoms with Crippen molar-refractivity contribution in [3.63, 3.8) is 0 Å². The first-order chi connectivity index (χ1) is 16.0. The first kappa shape index (κ1) is 25.1. The Balaban J connectivity index is 1.95. The molecule has 0 spiro atoms. The number of carbonyl (C=O) groups is 3. The summed E-state index contributed by atoms with van der Waals surface area (Å²) < 4.78 is 15.0. The van der Waals surface area contributed by atoms with Crippen molar-refractivity contribution in [3.05, 3.63) is 62.6 Å². The van der Waals surface area contributed by atoms with Crippen molar-refractivity contribution in [2.24, 2.45) is 0 Å². The normalized spacial score (nSPS) is 15.2. The maximum absolute atomic E-state index is 13.5. The predicted octanol–water partition coefficient (Wildman–Crippen LogP) is 1.70. The molecule has 2 aromatic rings. The number of aromatic nitrogens is 2. The van der Waals surface area contributed by atoms with Crippen LogP contribution in [0.15, 0.2) is 23.0 Å². The van der Waals surface area contributed by atoms with Crippen molar-refractivity contribution < 1.29 is 18.8 Å². The number of hydrogen-bond donors (Lipinski definition) is 1. The number of halogens is 1. The first-order valence-electron chi connectivity index (χ1n) is 11.2. The molecule has 0 bridgehead atoms. The van der Waals surface area contributed by atoms with Gasteiger partial charge in [0.25, 0.3) is 11.5 Å². The molecule has 34 heavy (non-hydrogen) atoms. The van der Waals surface area contributed by atoms with E-state index in [9.17, 15) is 23.6 Å². The highest BCUT2D eigenvalue weighted by atomic mass is 19.1. The van der Waals surface area contributed by atoms with Crippen molar-refractivity contribution in [1.82, 2.24) is 24.7 Å². The van der Waals surface area contributed by atoms with E-state index in [1.807, 2.05) is 0 Å². The molecular weight excluding hydrogens is 441 g/mol. The van der Waals surface area contributed by atoms with Crippen molar-refractivity contribution in [3.8, 4) is 0 Å². The third-order valence-electron chi connectivity index (χ3n) is 6.10. The average Bonchev–Trinajstić information content (AvgIpc) is 3.02. The van der Waals surface area contributed by atoms with Gasteiger partial charge in [0, 0.05) is 39.8 Å². The number of carbonyl (C=O) groups excluding carboxylic acids is 3. The third kappa shape index (κ3) is 5.00. The smallest absolute Gasteiger partial charge is 0.312 e. The molecule has 0 saturated heterocycles. The number of likely N-dealkylation sites (N-methyl/N-ethyl adjacent to an activating group) is 2. The van der Waals surface area contributed by atoms with E-state index in [4.69, 9.17) is 0 Å². The molecule has 9 nitrogen and oxygen atoms in total. The van der Waals surface area contributed by atoms with E-state index in [0.29, 0.717) is 36.3 Å². The van der Waals surface area contributed by atoms with Gasteiger partial charge in [0.2, 0.25) is 0 Å². The minimum Gasteiger partial charge on any atom is -0.347 e. The molecule has 10 heteroatoms. The van der Waals surface area contributed by atoms with E-state index >= 15 is 0 Å². The molecular formula is C24H30FN5O4. The summed E-state index contributed by atoms with van der Waals surface area (Å²) in [6.45, 7) is 3.74. The number of benzene rings is 1. The number of hydrogen-bond acceptors (Lipinski definition) is 5. The van der Waals surface area contributed by atoms with Gasteiger partial charge in [0.1, 0.15) is 17.3 Å². The molecule has 1 aromatic carbocycles. The van der Waals surface area contributed by atoms with E-state index in [1.165, 1.54) is 41.6 Å². The van der Waals surface area contributed by atoms with Crippen molar-refractivity contribution in [1.29, 1.82) is 0 Å². The van der Waals surface area contributed by atoms with Crippen molar-refractivity contribution in [2.45, 2.75) is 52.2 Å². The Morgan fingerprint density at radius 1 is 1.15 bits per heavy atom. The summed E-state index contributed by atoms with van der Waals surface area (Å²) >= 11 is 0. The van der Waals surface area contributed by atoms with Gasteiger partial charge in [0.15, 0.2) is 0 Å². The molecule has 0 radical (unpaired) electrons. The third-order valence-corrected chi connectivity index (χ3v) is 6.10. The van der Waals surface area contributed by atoms with Gasteiger partial charge < -0.3 is 15.1 Å². The van der Waals surface area contributed by atoms with E-state index in [2.05, 4.69) is 10.3 Å². The summed E-state index contributed by atoms with van der Waals surface area (Å²) in [5.41, 5.74) is 1.01. The molecule has 182 valence electrons. The minimum absolute atomic E-state index is 0.0261. The topological polar surface area (TPSA) is 105 Å². The zero-order valence-electron chi connectivity index (χ0n) is 20.1. The highest BCUT2D eigenvalue weighted by molar-refractivity contribution is 6.34. The van der Waals surface area contributed by atoms with Crippen molar-refractivity contribution in [2.75, 3.05) is 21.1 Å². The van der Waals surface area contributed by atoms with Crippen LogP contribution in [0, 0.1) is 19.7 Å². The zero-order chi connectivity index (χ0) is 25.2. The van der Waals surface area contributed by atoms with Gasteiger partial charge in [-0.25, -0.2) is 9.37 Å². The second-order valence-corrected chi connectivity index (χ2v) is 8.79.